The zero-order chi connectivity index (χ0) is 16.3. The molecule has 0 radical (unpaired) electrons. The second-order valence-corrected chi connectivity index (χ2v) is 5.63. The van der Waals surface area contributed by atoms with Crippen LogP contribution in [0.3, 0.4) is 0 Å². The van der Waals surface area contributed by atoms with Crippen molar-refractivity contribution in [3.63, 3.8) is 0 Å². The molecule has 0 aliphatic carbocycles. The third kappa shape index (κ3) is 12.1. The summed E-state index contributed by atoms with van der Waals surface area (Å²) in [5, 5.41) is 2.62. The first kappa shape index (κ1) is 19.6. The Morgan fingerprint density at radius 2 is 1.90 bits per heavy atom. The van der Waals surface area contributed by atoms with Crippen LogP contribution in [0, 0.1) is 0 Å². The van der Waals surface area contributed by atoms with Gasteiger partial charge in [-0.3, -0.25) is 9.63 Å². The molecule has 0 aliphatic rings. The van der Waals surface area contributed by atoms with Crippen molar-refractivity contribution in [1.29, 1.82) is 0 Å². The lowest BCUT2D eigenvalue weighted by atomic mass is 10.1. The highest BCUT2D eigenvalue weighted by Crippen LogP contribution is 2.06. The van der Waals surface area contributed by atoms with Gasteiger partial charge in [-0.05, 0) is 40.2 Å². The van der Waals surface area contributed by atoms with Crippen LogP contribution in [0.2, 0.25) is 0 Å². The molecule has 0 fully saturated rings. The molecule has 0 aromatic heterocycles. The van der Waals surface area contributed by atoms with Crippen molar-refractivity contribution in [3.05, 3.63) is 0 Å². The zero-order valence-corrected chi connectivity index (χ0v) is 13.1. The summed E-state index contributed by atoms with van der Waals surface area (Å²) in [7, 11) is 0. The summed E-state index contributed by atoms with van der Waals surface area (Å²) in [6.45, 7) is 6.22. The topological polar surface area (TPSA) is 129 Å². The zero-order valence-electron chi connectivity index (χ0n) is 13.1. The van der Waals surface area contributed by atoms with E-state index in [-0.39, 0.29) is 19.1 Å². The van der Waals surface area contributed by atoms with Gasteiger partial charge in [0.05, 0.1) is 12.6 Å². The molecule has 0 aliphatic heterocycles. The van der Waals surface area contributed by atoms with Gasteiger partial charge in [-0.2, -0.15) is 5.48 Å². The molecule has 124 valence electrons. The summed E-state index contributed by atoms with van der Waals surface area (Å²) in [4.78, 5) is 27.7. The number of hydrogen-bond donors (Lipinski definition) is 4. The van der Waals surface area contributed by atoms with Gasteiger partial charge in [0, 0.05) is 6.54 Å². The summed E-state index contributed by atoms with van der Waals surface area (Å²) in [5.41, 5.74) is 12.6. The molecule has 0 unspecified atom stereocenters. The Labute approximate surface area is 125 Å². The Kier molecular flexibility index (Phi) is 9.68. The van der Waals surface area contributed by atoms with Crippen molar-refractivity contribution in [1.82, 2.24) is 10.8 Å². The van der Waals surface area contributed by atoms with Gasteiger partial charge in [0.2, 0.25) is 5.91 Å². The van der Waals surface area contributed by atoms with E-state index in [0.717, 1.165) is 12.8 Å². The molecule has 0 saturated carbocycles. The van der Waals surface area contributed by atoms with Crippen LogP contribution in [0.5, 0.6) is 0 Å². The summed E-state index contributed by atoms with van der Waals surface area (Å²) in [6, 6.07) is -0.546. The number of hydroxylamine groups is 1. The largest absolute Gasteiger partial charge is 0.442 e. The quantitative estimate of drug-likeness (QED) is 0.351. The molecule has 0 bridgehead atoms. The number of carbonyl (C=O) groups excluding carboxylic acids is 2. The number of ether oxygens (including phenoxy) is 1. The molecule has 6 N–H and O–H groups in total. The standard InChI is InChI=1S/C13H28N4O4/c1-13(2,3)21-12(19)17-20-9-8-16-11(18)10(15)6-4-5-7-14/h10H,4-9,14-15H2,1-3H3,(H,16,18)(H,17,19)/t10-/m1/s1. The molecular weight excluding hydrogens is 276 g/mol. The van der Waals surface area contributed by atoms with E-state index in [1.54, 1.807) is 20.8 Å². The SMILES string of the molecule is CC(C)(C)OC(=O)NOCCNC(=O)[C@H](N)CCCCN. The van der Waals surface area contributed by atoms with Crippen molar-refractivity contribution in [2.24, 2.45) is 11.5 Å². The molecule has 0 rings (SSSR count). The minimum atomic E-state index is -0.674. The average Bonchev–Trinajstić information content (AvgIpc) is 2.36. The first-order chi connectivity index (χ1) is 9.76. The van der Waals surface area contributed by atoms with Crippen molar-refractivity contribution in [2.75, 3.05) is 19.7 Å². The fourth-order valence-corrected chi connectivity index (χ4v) is 1.40. The number of amides is 2. The van der Waals surface area contributed by atoms with Crippen molar-refractivity contribution in [3.8, 4) is 0 Å². The molecule has 0 saturated heterocycles. The van der Waals surface area contributed by atoms with Gasteiger partial charge in [-0.1, -0.05) is 6.42 Å². The van der Waals surface area contributed by atoms with Gasteiger partial charge in [0.1, 0.15) is 5.60 Å². The van der Waals surface area contributed by atoms with Crippen LogP contribution in [0.4, 0.5) is 4.79 Å². The number of rotatable bonds is 9. The lowest BCUT2D eigenvalue weighted by molar-refractivity contribution is -0.122. The van der Waals surface area contributed by atoms with Crippen LogP contribution in [0.1, 0.15) is 40.0 Å². The van der Waals surface area contributed by atoms with Gasteiger partial charge < -0.3 is 21.5 Å². The average molecular weight is 304 g/mol. The summed E-state index contributed by atoms with van der Waals surface area (Å²) < 4.78 is 4.97. The molecule has 21 heavy (non-hydrogen) atoms. The number of carbonyl (C=O) groups is 2. The van der Waals surface area contributed by atoms with Crippen LogP contribution in [-0.4, -0.2) is 43.3 Å². The Morgan fingerprint density at radius 1 is 1.24 bits per heavy atom. The predicted molar refractivity (Wildman–Crippen MR) is 79.2 cm³/mol. The molecule has 0 heterocycles. The minimum Gasteiger partial charge on any atom is -0.442 e. The predicted octanol–water partition coefficient (Wildman–Crippen LogP) is 0.0152. The molecule has 1 atom stereocenters. The molecule has 0 aromatic rings. The summed E-state index contributed by atoms with van der Waals surface area (Å²) in [6.07, 6.45) is 1.60. The van der Waals surface area contributed by atoms with E-state index >= 15 is 0 Å². The fourth-order valence-electron chi connectivity index (χ4n) is 1.40. The minimum absolute atomic E-state index is 0.125. The third-order valence-corrected chi connectivity index (χ3v) is 2.36. The summed E-state index contributed by atoms with van der Waals surface area (Å²) >= 11 is 0. The highest BCUT2D eigenvalue weighted by atomic mass is 16.7. The summed E-state index contributed by atoms with van der Waals surface area (Å²) in [5.74, 6) is -0.243. The second kappa shape index (κ2) is 10.4. The van der Waals surface area contributed by atoms with Crippen LogP contribution in [0.25, 0.3) is 0 Å². The first-order valence-corrected chi connectivity index (χ1v) is 7.10. The maximum absolute atomic E-state index is 11.6. The molecule has 0 aromatic carbocycles. The Balaban J connectivity index is 3.62. The van der Waals surface area contributed by atoms with E-state index in [1.807, 2.05) is 0 Å². The molecule has 0 spiro atoms. The van der Waals surface area contributed by atoms with Crippen LogP contribution in [-0.2, 0) is 14.4 Å². The van der Waals surface area contributed by atoms with E-state index in [9.17, 15) is 9.59 Å². The Hall–Kier alpha value is -1.38. The van der Waals surface area contributed by atoms with Crippen molar-refractivity contribution < 1.29 is 19.2 Å². The highest BCUT2D eigenvalue weighted by molar-refractivity contribution is 5.81. The third-order valence-electron chi connectivity index (χ3n) is 2.36. The maximum atomic E-state index is 11.6. The van der Waals surface area contributed by atoms with E-state index < -0.39 is 17.7 Å². The molecule has 8 heteroatoms. The smallest absolute Gasteiger partial charge is 0.431 e. The van der Waals surface area contributed by atoms with Gasteiger partial charge in [0.25, 0.3) is 0 Å². The van der Waals surface area contributed by atoms with Crippen molar-refractivity contribution >= 4 is 12.0 Å². The van der Waals surface area contributed by atoms with Gasteiger partial charge >= 0.3 is 6.09 Å². The molecular formula is C13H28N4O4. The Bertz CT molecular complexity index is 318. The monoisotopic (exact) mass is 304 g/mol. The maximum Gasteiger partial charge on any atom is 0.431 e. The fraction of sp³-hybridized carbons (Fsp3) is 0.846. The molecule has 8 nitrogen and oxygen atoms in total. The number of nitrogens with one attached hydrogen (secondary N) is 2. The van der Waals surface area contributed by atoms with Gasteiger partial charge in [0.15, 0.2) is 0 Å². The van der Waals surface area contributed by atoms with E-state index in [1.165, 1.54) is 0 Å². The van der Waals surface area contributed by atoms with E-state index in [4.69, 9.17) is 21.0 Å². The second-order valence-electron chi connectivity index (χ2n) is 5.63. The van der Waals surface area contributed by atoms with Crippen LogP contribution >= 0.6 is 0 Å². The lowest BCUT2D eigenvalue weighted by Gasteiger charge is -2.19. The van der Waals surface area contributed by atoms with Crippen molar-refractivity contribution in [2.45, 2.75) is 51.7 Å². The van der Waals surface area contributed by atoms with E-state index in [0.29, 0.717) is 13.0 Å². The highest BCUT2D eigenvalue weighted by Gasteiger charge is 2.16. The van der Waals surface area contributed by atoms with Gasteiger partial charge in [-0.25, -0.2) is 4.79 Å². The van der Waals surface area contributed by atoms with Crippen LogP contribution < -0.4 is 22.3 Å². The number of nitrogens with two attached hydrogens (primary N) is 2. The normalized spacial score (nSPS) is 12.6. The lowest BCUT2D eigenvalue weighted by Crippen LogP contribution is -2.42. The van der Waals surface area contributed by atoms with Gasteiger partial charge in [-0.15, -0.1) is 0 Å². The number of unbranched alkanes of at least 4 members (excludes halogenated alkanes) is 1. The van der Waals surface area contributed by atoms with Crippen LogP contribution in [0.15, 0.2) is 0 Å². The first-order valence-electron chi connectivity index (χ1n) is 7.10. The Morgan fingerprint density at radius 3 is 2.48 bits per heavy atom. The number of hydrogen-bond acceptors (Lipinski definition) is 6. The molecule has 2 amide bonds. The van der Waals surface area contributed by atoms with E-state index in [2.05, 4.69) is 10.8 Å².